The van der Waals surface area contributed by atoms with Crippen LogP contribution in [0.2, 0.25) is 0 Å². The lowest BCUT2D eigenvalue weighted by Crippen LogP contribution is -2.40. The summed E-state index contributed by atoms with van der Waals surface area (Å²) < 4.78 is 5.39. The lowest BCUT2D eigenvalue weighted by atomic mass is 9.82. The summed E-state index contributed by atoms with van der Waals surface area (Å²) in [5.74, 6) is 2.27. The molecule has 0 saturated carbocycles. The number of ether oxygens (including phenoxy) is 1. The summed E-state index contributed by atoms with van der Waals surface area (Å²) in [5, 5.41) is 4.76. The molecule has 0 bridgehead atoms. The standard InChI is InChI=1S/C27H41N3O/c1-4-6-7-8-9-18-30-19-15-23(22(5-2)21-30)11-10-16-28-27-14-17-29-26-13-12-24(31-3)20-25(26)27/h5,12-14,17,20,22-23H,2,4,6-11,15-16,18-19,21H2,1,3H3,(H,28,29)/t22-,23+/m0/s1. The van der Waals surface area contributed by atoms with E-state index in [1.807, 2.05) is 18.3 Å². The monoisotopic (exact) mass is 423 g/mol. The number of piperidine rings is 1. The highest BCUT2D eigenvalue weighted by atomic mass is 16.5. The van der Waals surface area contributed by atoms with E-state index >= 15 is 0 Å². The highest BCUT2D eigenvalue weighted by Gasteiger charge is 2.26. The number of anilines is 1. The van der Waals surface area contributed by atoms with Crippen LogP contribution in [0.1, 0.15) is 58.3 Å². The highest BCUT2D eigenvalue weighted by Crippen LogP contribution is 2.29. The zero-order chi connectivity index (χ0) is 21.9. The van der Waals surface area contributed by atoms with Gasteiger partial charge in [0.05, 0.1) is 12.6 Å². The molecule has 2 aromatic rings. The van der Waals surface area contributed by atoms with Crippen LogP contribution in [0.5, 0.6) is 5.75 Å². The van der Waals surface area contributed by atoms with E-state index in [9.17, 15) is 0 Å². The molecule has 0 unspecified atom stereocenters. The smallest absolute Gasteiger partial charge is 0.119 e. The number of hydrogen-bond donors (Lipinski definition) is 1. The average molecular weight is 424 g/mol. The number of fused-ring (bicyclic) bond motifs is 1. The molecular formula is C27H41N3O. The predicted molar refractivity (Wildman–Crippen MR) is 133 cm³/mol. The number of nitrogens with one attached hydrogen (secondary N) is 1. The third-order valence-electron chi connectivity index (χ3n) is 6.79. The number of pyridine rings is 1. The van der Waals surface area contributed by atoms with Crippen molar-refractivity contribution >= 4 is 16.6 Å². The number of aromatic nitrogens is 1. The minimum atomic E-state index is 0.635. The summed E-state index contributed by atoms with van der Waals surface area (Å²) in [4.78, 5) is 7.14. The van der Waals surface area contributed by atoms with Crippen LogP contribution in [0.15, 0.2) is 43.1 Å². The molecule has 170 valence electrons. The Hall–Kier alpha value is -2.07. The van der Waals surface area contributed by atoms with Gasteiger partial charge < -0.3 is 15.0 Å². The molecule has 2 atom stereocenters. The van der Waals surface area contributed by atoms with Crippen molar-refractivity contribution in [3.8, 4) is 5.75 Å². The quantitative estimate of drug-likeness (QED) is 0.293. The maximum absolute atomic E-state index is 5.39. The van der Waals surface area contributed by atoms with Crippen molar-refractivity contribution in [3.05, 3.63) is 43.1 Å². The zero-order valence-corrected chi connectivity index (χ0v) is 19.6. The number of unbranched alkanes of at least 4 members (excludes halogenated alkanes) is 4. The number of benzene rings is 1. The van der Waals surface area contributed by atoms with Crippen molar-refractivity contribution in [2.24, 2.45) is 11.8 Å². The fourth-order valence-corrected chi connectivity index (χ4v) is 4.86. The van der Waals surface area contributed by atoms with Crippen LogP contribution in [0.25, 0.3) is 10.9 Å². The van der Waals surface area contributed by atoms with Gasteiger partial charge in [-0.1, -0.05) is 38.7 Å². The average Bonchev–Trinajstić information content (AvgIpc) is 2.81. The number of rotatable bonds is 13. The molecule has 31 heavy (non-hydrogen) atoms. The molecule has 1 fully saturated rings. The summed E-state index contributed by atoms with van der Waals surface area (Å²) in [7, 11) is 1.71. The fourth-order valence-electron chi connectivity index (χ4n) is 4.86. The summed E-state index contributed by atoms with van der Waals surface area (Å²) in [6.45, 7) is 11.1. The molecular weight excluding hydrogens is 382 g/mol. The Labute approximate surface area is 189 Å². The normalized spacial score (nSPS) is 19.4. The lowest BCUT2D eigenvalue weighted by Gasteiger charge is -2.37. The SMILES string of the molecule is C=C[C@H]1CN(CCCCCCC)CC[C@H]1CCCNc1ccnc2ccc(OC)cc12. The topological polar surface area (TPSA) is 37.4 Å². The van der Waals surface area contributed by atoms with Gasteiger partial charge in [0.1, 0.15) is 5.75 Å². The van der Waals surface area contributed by atoms with Gasteiger partial charge in [-0.2, -0.15) is 0 Å². The second-order valence-electron chi connectivity index (χ2n) is 8.97. The third-order valence-corrected chi connectivity index (χ3v) is 6.79. The van der Waals surface area contributed by atoms with Gasteiger partial charge in [-0.25, -0.2) is 0 Å². The molecule has 3 rings (SSSR count). The maximum atomic E-state index is 5.39. The Balaban J connectivity index is 1.42. The van der Waals surface area contributed by atoms with Crippen LogP contribution < -0.4 is 10.1 Å². The van der Waals surface area contributed by atoms with Crippen molar-refractivity contribution in [1.82, 2.24) is 9.88 Å². The predicted octanol–water partition coefficient (Wildman–Crippen LogP) is 6.53. The van der Waals surface area contributed by atoms with Crippen molar-refractivity contribution in [2.45, 2.75) is 58.3 Å². The van der Waals surface area contributed by atoms with Gasteiger partial charge in [0.15, 0.2) is 0 Å². The molecule has 4 nitrogen and oxygen atoms in total. The number of likely N-dealkylation sites (tertiary alicyclic amines) is 1. The van der Waals surface area contributed by atoms with E-state index in [1.165, 1.54) is 71.0 Å². The minimum Gasteiger partial charge on any atom is -0.497 e. The Bertz CT molecular complexity index is 806. The Kier molecular flexibility index (Phi) is 9.67. The summed E-state index contributed by atoms with van der Waals surface area (Å²) in [6, 6.07) is 8.11. The van der Waals surface area contributed by atoms with Crippen molar-refractivity contribution < 1.29 is 4.74 Å². The first-order chi connectivity index (χ1) is 15.2. The molecule has 0 spiro atoms. The van der Waals surface area contributed by atoms with Crippen molar-refractivity contribution in [2.75, 3.05) is 38.6 Å². The molecule has 0 radical (unpaired) electrons. The van der Waals surface area contributed by atoms with E-state index in [1.54, 1.807) is 7.11 Å². The molecule has 0 aliphatic carbocycles. The van der Waals surface area contributed by atoms with Crippen LogP contribution in [-0.2, 0) is 0 Å². The first-order valence-electron chi connectivity index (χ1n) is 12.3. The Morgan fingerprint density at radius 3 is 2.87 bits per heavy atom. The summed E-state index contributed by atoms with van der Waals surface area (Å²) in [5.41, 5.74) is 2.14. The van der Waals surface area contributed by atoms with E-state index < -0.39 is 0 Å². The molecule has 4 heteroatoms. The van der Waals surface area contributed by atoms with Gasteiger partial charge in [0, 0.05) is 30.4 Å². The molecule has 2 heterocycles. The van der Waals surface area contributed by atoms with E-state index in [0.29, 0.717) is 5.92 Å². The molecule has 1 N–H and O–H groups in total. The van der Waals surface area contributed by atoms with E-state index in [0.717, 1.165) is 34.8 Å². The number of methoxy groups -OCH3 is 1. The second-order valence-corrected chi connectivity index (χ2v) is 8.97. The van der Waals surface area contributed by atoms with Gasteiger partial charge in [0.2, 0.25) is 0 Å². The third kappa shape index (κ3) is 6.96. The van der Waals surface area contributed by atoms with Gasteiger partial charge in [-0.05, 0) is 74.9 Å². The number of nitrogens with zero attached hydrogens (tertiary/aromatic N) is 2. The Morgan fingerprint density at radius 1 is 1.19 bits per heavy atom. The van der Waals surface area contributed by atoms with Crippen LogP contribution in [0.3, 0.4) is 0 Å². The van der Waals surface area contributed by atoms with E-state index in [4.69, 9.17) is 4.74 Å². The molecule has 1 aliphatic rings. The number of hydrogen-bond acceptors (Lipinski definition) is 4. The van der Waals surface area contributed by atoms with Crippen LogP contribution in [0, 0.1) is 11.8 Å². The summed E-state index contributed by atoms with van der Waals surface area (Å²) >= 11 is 0. The van der Waals surface area contributed by atoms with Crippen molar-refractivity contribution in [1.29, 1.82) is 0 Å². The maximum Gasteiger partial charge on any atom is 0.119 e. The fraction of sp³-hybridized carbons (Fsp3) is 0.593. The van der Waals surface area contributed by atoms with Crippen LogP contribution in [-0.4, -0.2) is 43.2 Å². The van der Waals surface area contributed by atoms with Gasteiger partial charge in [0.25, 0.3) is 0 Å². The van der Waals surface area contributed by atoms with E-state index in [-0.39, 0.29) is 0 Å². The minimum absolute atomic E-state index is 0.635. The van der Waals surface area contributed by atoms with Crippen LogP contribution in [0.4, 0.5) is 5.69 Å². The molecule has 1 aliphatic heterocycles. The Morgan fingerprint density at radius 2 is 2.06 bits per heavy atom. The molecule has 1 aromatic heterocycles. The highest BCUT2D eigenvalue weighted by molar-refractivity contribution is 5.92. The molecule has 1 aromatic carbocycles. The van der Waals surface area contributed by atoms with Gasteiger partial charge in [-0.3, -0.25) is 4.98 Å². The molecule has 0 amide bonds. The summed E-state index contributed by atoms with van der Waals surface area (Å²) in [6.07, 6.45) is 14.7. The molecule has 1 saturated heterocycles. The van der Waals surface area contributed by atoms with E-state index in [2.05, 4.69) is 46.9 Å². The largest absolute Gasteiger partial charge is 0.497 e. The van der Waals surface area contributed by atoms with Gasteiger partial charge in [-0.15, -0.1) is 6.58 Å². The van der Waals surface area contributed by atoms with Crippen molar-refractivity contribution in [3.63, 3.8) is 0 Å². The second kappa shape index (κ2) is 12.7. The zero-order valence-electron chi connectivity index (χ0n) is 19.6. The van der Waals surface area contributed by atoms with Crippen LogP contribution >= 0.6 is 0 Å². The first kappa shape index (κ1) is 23.6. The lowest BCUT2D eigenvalue weighted by molar-refractivity contribution is 0.136. The first-order valence-corrected chi connectivity index (χ1v) is 12.3. The van der Waals surface area contributed by atoms with Gasteiger partial charge >= 0.3 is 0 Å².